The molecule has 0 aliphatic carbocycles. The van der Waals surface area contributed by atoms with Crippen LogP contribution in [0.5, 0.6) is 11.5 Å². The van der Waals surface area contributed by atoms with E-state index in [1.54, 1.807) is 49.6 Å². The predicted octanol–water partition coefficient (Wildman–Crippen LogP) is 6.02. The number of methoxy groups -OCH3 is 1. The summed E-state index contributed by atoms with van der Waals surface area (Å²) < 4.78 is 11.2. The highest BCUT2D eigenvalue weighted by Crippen LogP contribution is 2.43. The highest BCUT2D eigenvalue weighted by Gasteiger charge is 2.47. The number of anilines is 1. The van der Waals surface area contributed by atoms with Gasteiger partial charge in [0.05, 0.1) is 25.3 Å². The molecule has 3 aromatic rings. The Morgan fingerprint density at radius 2 is 1.69 bits per heavy atom. The third kappa shape index (κ3) is 4.59. The van der Waals surface area contributed by atoms with E-state index in [-0.39, 0.29) is 16.7 Å². The van der Waals surface area contributed by atoms with Gasteiger partial charge in [-0.2, -0.15) is 0 Å². The Bertz CT molecular complexity index is 1320. The largest absolute Gasteiger partial charge is 0.507 e. The van der Waals surface area contributed by atoms with E-state index in [1.807, 2.05) is 58.0 Å². The molecule has 1 saturated heterocycles. The van der Waals surface area contributed by atoms with E-state index in [0.29, 0.717) is 34.9 Å². The van der Waals surface area contributed by atoms with Crippen molar-refractivity contribution in [2.45, 2.75) is 39.2 Å². The van der Waals surface area contributed by atoms with Crippen LogP contribution in [0.1, 0.15) is 50.4 Å². The van der Waals surface area contributed by atoms with Gasteiger partial charge in [-0.15, -0.1) is 0 Å². The molecule has 1 fully saturated rings. The first kappa shape index (κ1) is 25.0. The average Bonchev–Trinajstić information content (AvgIpc) is 3.14. The Hall–Kier alpha value is -4.06. The third-order valence-corrected chi connectivity index (χ3v) is 6.24. The monoisotopic (exact) mass is 485 g/mol. The number of rotatable bonds is 6. The van der Waals surface area contributed by atoms with Gasteiger partial charge in [-0.3, -0.25) is 14.5 Å². The molecule has 4 rings (SSSR count). The summed E-state index contributed by atoms with van der Waals surface area (Å²) in [6.45, 7) is 8.50. The topological polar surface area (TPSA) is 76.1 Å². The molecule has 36 heavy (non-hydrogen) atoms. The molecule has 0 aromatic heterocycles. The van der Waals surface area contributed by atoms with Gasteiger partial charge in [0.2, 0.25) is 0 Å². The minimum absolute atomic E-state index is 0.0301. The number of aliphatic hydroxyl groups is 1. The minimum atomic E-state index is -0.826. The molecular formula is C30H31NO5. The van der Waals surface area contributed by atoms with Gasteiger partial charge < -0.3 is 14.6 Å². The summed E-state index contributed by atoms with van der Waals surface area (Å²) in [7, 11) is 1.60. The van der Waals surface area contributed by atoms with Crippen LogP contribution in [0.3, 0.4) is 0 Å². The number of Topliss-reactive ketones (excluding diaryl/α,β-unsaturated/α-hetero) is 1. The molecule has 1 amide bonds. The summed E-state index contributed by atoms with van der Waals surface area (Å²) in [6, 6.07) is 20.7. The summed E-state index contributed by atoms with van der Waals surface area (Å²) in [6.07, 6.45) is 0. The second-order valence-electron chi connectivity index (χ2n) is 9.68. The van der Waals surface area contributed by atoms with Gasteiger partial charge >= 0.3 is 0 Å². The van der Waals surface area contributed by atoms with Crippen LogP contribution in [0.4, 0.5) is 5.69 Å². The number of ketones is 1. The lowest BCUT2D eigenvalue weighted by Crippen LogP contribution is -2.29. The molecule has 1 unspecified atom stereocenters. The first-order valence-corrected chi connectivity index (χ1v) is 11.9. The third-order valence-electron chi connectivity index (χ3n) is 6.24. The zero-order valence-electron chi connectivity index (χ0n) is 21.2. The molecule has 0 saturated carbocycles. The number of amides is 1. The normalized spacial score (nSPS) is 17.4. The van der Waals surface area contributed by atoms with E-state index >= 15 is 0 Å². The molecule has 3 aromatic carbocycles. The lowest BCUT2D eigenvalue weighted by Gasteiger charge is -2.26. The summed E-state index contributed by atoms with van der Waals surface area (Å²) in [5, 5.41) is 11.5. The highest BCUT2D eigenvalue weighted by molar-refractivity contribution is 6.51. The van der Waals surface area contributed by atoms with Crippen molar-refractivity contribution in [2.75, 3.05) is 18.6 Å². The van der Waals surface area contributed by atoms with Crippen molar-refractivity contribution in [1.29, 1.82) is 0 Å². The second-order valence-corrected chi connectivity index (χ2v) is 9.68. The van der Waals surface area contributed by atoms with E-state index in [9.17, 15) is 14.7 Å². The van der Waals surface area contributed by atoms with Crippen LogP contribution in [0.2, 0.25) is 0 Å². The molecule has 0 spiro atoms. The molecule has 186 valence electrons. The van der Waals surface area contributed by atoms with E-state index in [1.165, 1.54) is 4.90 Å². The predicted molar refractivity (Wildman–Crippen MR) is 141 cm³/mol. The number of carbonyl (C=O) groups excluding carboxylic acids is 2. The summed E-state index contributed by atoms with van der Waals surface area (Å²) in [5.74, 6) is -0.361. The maximum absolute atomic E-state index is 13.4. The van der Waals surface area contributed by atoms with E-state index < -0.39 is 17.7 Å². The fourth-order valence-electron chi connectivity index (χ4n) is 4.54. The quantitative estimate of drug-likeness (QED) is 0.263. The van der Waals surface area contributed by atoms with E-state index in [4.69, 9.17) is 9.47 Å². The fraction of sp³-hybridized carbons (Fsp3) is 0.267. The second kappa shape index (κ2) is 9.90. The summed E-state index contributed by atoms with van der Waals surface area (Å²) in [4.78, 5) is 28.2. The van der Waals surface area contributed by atoms with Crippen molar-refractivity contribution in [3.05, 3.63) is 95.1 Å². The van der Waals surface area contributed by atoms with E-state index in [2.05, 4.69) is 0 Å². The fourth-order valence-corrected chi connectivity index (χ4v) is 4.54. The van der Waals surface area contributed by atoms with Gasteiger partial charge in [0.15, 0.2) is 0 Å². The maximum atomic E-state index is 13.4. The standard InChI is InChI=1S/C30H31NO5/c1-6-36-22-14-10-11-19(17-22)26-25(28(33)29(34)31(26)21-12-8-7-9-13-21)27(32)20-15-16-24(35-5)23(18-20)30(2,3)4/h7-18,26,32H,6H2,1-5H3/b27-25+. The minimum Gasteiger partial charge on any atom is -0.507 e. The molecule has 1 heterocycles. The number of carbonyl (C=O) groups is 2. The van der Waals surface area contributed by atoms with Crippen LogP contribution in [-0.2, 0) is 15.0 Å². The number of aliphatic hydroxyl groups excluding tert-OH is 1. The van der Waals surface area contributed by atoms with Gasteiger partial charge in [0.25, 0.3) is 11.7 Å². The lowest BCUT2D eigenvalue weighted by atomic mass is 9.84. The summed E-state index contributed by atoms with van der Waals surface area (Å²) in [5.41, 5.74) is 2.30. The zero-order chi connectivity index (χ0) is 26.0. The van der Waals surface area contributed by atoms with Gasteiger partial charge in [-0.05, 0) is 60.4 Å². The maximum Gasteiger partial charge on any atom is 0.300 e. The molecular weight excluding hydrogens is 454 g/mol. The SMILES string of the molecule is CCOc1cccc(C2/C(=C(\O)c3ccc(OC)c(C(C)(C)C)c3)C(=O)C(=O)N2c2ccccc2)c1. The number of benzene rings is 3. The zero-order valence-corrected chi connectivity index (χ0v) is 21.2. The number of nitrogens with zero attached hydrogens (tertiary/aromatic N) is 1. The Kier molecular flexibility index (Phi) is 6.88. The molecule has 1 aliphatic heterocycles. The van der Waals surface area contributed by atoms with Crippen molar-refractivity contribution < 1.29 is 24.2 Å². The summed E-state index contributed by atoms with van der Waals surface area (Å²) >= 11 is 0. The van der Waals surface area contributed by atoms with Crippen molar-refractivity contribution in [1.82, 2.24) is 0 Å². The highest BCUT2D eigenvalue weighted by atomic mass is 16.5. The van der Waals surface area contributed by atoms with Crippen molar-refractivity contribution in [3.8, 4) is 11.5 Å². The van der Waals surface area contributed by atoms with Crippen LogP contribution >= 0.6 is 0 Å². The Morgan fingerprint density at radius 1 is 0.972 bits per heavy atom. The van der Waals surface area contributed by atoms with Gasteiger partial charge in [-0.1, -0.05) is 51.1 Å². The molecule has 6 nitrogen and oxygen atoms in total. The molecule has 1 N–H and O–H groups in total. The average molecular weight is 486 g/mol. The molecule has 0 bridgehead atoms. The van der Waals surface area contributed by atoms with Crippen LogP contribution in [0.25, 0.3) is 5.76 Å². The number of ether oxygens (including phenoxy) is 2. The van der Waals surface area contributed by atoms with Crippen molar-refractivity contribution in [3.63, 3.8) is 0 Å². The molecule has 1 aliphatic rings. The van der Waals surface area contributed by atoms with Gasteiger partial charge in [0, 0.05) is 16.8 Å². The Balaban J connectivity index is 1.95. The van der Waals surface area contributed by atoms with Crippen LogP contribution in [0.15, 0.2) is 78.4 Å². The van der Waals surface area contributed by atoms with Crippen molar-refractivity contribution in [2.24, 2.45) is 0 Å². The van der Waals surface area contributed by atoms with Gasteiger partial charge in [0.1, 0.15) is 17.3 Å². The first-order chi connectivity index (χ1) is 17.2. The van der Waals surface area contributed by atoms with Gasteiger partial charge in [-0.25, -0.2) is 0 Å². The molecule has 0 radical (unpaired) electrons. The van der Waals surface area contributed by atoms with E-state index in [0.717, 1.165) is 5.56 Å². The number of hydrogen-bond acceptors (Lipinski definition) is 5. The Labute approximate surface area is 211 Å². The molecule has 1 atom stereocenters. The lowest BCUT2D eigenvalue weighted by molar-refractivity contribution is -0.132. The number of hydrogen-bond donors (Lipinski definition) is 1. The smallest absolute Gasteiger partial charge is 0.300 e. The Morgan fingerprint density at radius 3 is 2.33 bits per heavy atom. The van der Waals surface area contributed by atoms with Crippen LogP contribution < -0.4 is 14.4 Å². The molecule has 6 heteroatoms. The first-order valence-electron chi connectivity index (χ1n) is 11.9. The van der Waals surface area contributed by atoms with Crippen LogP contribution in [0, 0.1) is 0 Å². The number of para-hydroxylation sites is 1. The van der Waals surface area contributed by atoms with Crippen molar-refractivity contribution >= 4 is 23.1 Å². The van der Waals surface area contributed by atoms with Crippen LogP contribution in [-0.4, -0.2) is 30.5 Å².